The summed E-state index contributed by atoms with van der Waals surface area (Å²) in [5.74, 6) is -0.283. The van der Waals surface area contributed by atoms with E-state index in [4.69, 9.17) is 0 Å². The summed E-state index contributed by atoms with van der Waals surface area (Å²) in [7, 11) is 5.87. The number of hydrogen-bond donors (Lipinski definition) is 2. The first-order chi connectivity index (χ1) is 23.1. The minimum absolute atomic E-state index is 0.0254. The van der Waals surface area contributed by atoms with E-state index in [1.54, 1.807) is 4.90 Å². The first kappa shape index (κ1) is 34.5. The Labute approximate surface area is 286 Å². The number of H-pyrrole nitrogens is 1. The maximum atomic E-state index is 14.8. The number of aromatic nitrogens is 1. The number of alkyl halides is 3. The van der Waals surface area contributed by atoms with Crippen LogP contribution in [0.3, 0.4) is 0 Å². The van der Waals surface area contributed by atoms with E-state index in [0.717, 1.165) is 34.4 Å². The first-order valence-corrected chi connectivity index (χ1v) is 16.9. The molecule has 7 nitrogen and oxygen atoms in total. The molecule has 1 aromatic heterocycles. The summed E-state index contributed by atoms with van der Waals surface area (Å²) in [6.07, 6.45) is -3.45. The van der Waals surface area contributed by atoms with Crippen LogP contribution >= 0.6 is 0 Å². The van der Waals surface area contributed by atoms with Gasteiger partial charge in [-0.2, -0.15) is 13.2 Å². The molecular formula is C39H46F3N5O2. The third-order valence-corrected chi connectivity index (χ3v) is 11.0. The van der Waals surface area contributed by atoms with Crippen molar-refractivity contribution in [1.29, 1.82) is 0 Å². The van der Waals surface area contributed by atoms with Crippen LogP contribution in [-0.4, -0.2) is 66.4 Å². The average Bonchev–Trinajstić information content (AvgIpc) is 3.40. The monoisotopic (exact) mass is 673 g/mol. The zero-order valence-corrected chi connectivity index (χ0v) is 29.1. The number of anilines is 2. The van der Waals surface area contributed by atoms with E-state index in [2.05, 4.69) is 48.1 Å². The average molecular weight is 674 g/mol. The fourth-order valence-corrected chi connectivity index (χ4v) is 7.85. The molecule has 2 N–H and O–H groups in total. The molecule has 260 valence electrons. The number of amides is 2. The Morgan fingerprint density at radius 1 is 0.959 bits per heavy atom. The molecule has 6 rings (SSSR count). The molecule has 2 amide bonds. The zero-order valence-electron chi connectivity index (χ0n) is 29.1. The Balaban J connectivity index is 1.35. The van der Waals surface area contributed by atoms with Crippen LogP contribution in [0.5, 0.6) is 0 Å². The van der Waals surface area contributed by atoms with Crippen LogP contribution in [0.15, 0.2) is 72.8 Å². The van der Waals surface area contributed by atoms with Crippen LogP contribution in [0.25, 0.3) is 10.9 Å². The first-order valence-electron chi connectivity index (χ1n) is 16.9. The molecule has 0 bridgehead atoms. The van der Waals surface area contributed by atoms with Crippen molar-refractivity contribution in [1.82, 2.24) is 14.8 Å². The number of carbonyl (C=O) groups is 2. The van der Waals surface area contributed by atoms with Crippen LogP contribution in [0.4, 0.5) is 24.5 Å². The quantitative estimate of drug-likeness (QED) is 0.190. The van der Waals surface area contributed by atoms with Crippen molar-refractivity contribution in [2.45, 2.75) is 64.2 Å². The molecule has 0 spiro atoms. The molecule has 2 heterocycles. The van der Waals surface area contributed by atoms with E-state index in [1.165, 1.54) is 17.7 Å². The van der Waals surface area contributed by atoms with Gasteiger partial charge in [-0.25, -0.2) is 0 Å². The van der Waals surface area contributed by atoms with Crippen LogP contribution in [-0.2, 0) is 22.3 Å². The van der Waals surface area contributed by atoms with E-state index < -0.39 is 17.3 Å². The van der Waals surface area contributed by atoms with Gasteiger partial charge >= 0.3 is 6.18 Å². The number of nitrogens with one attached hydrogen (secondary N) is 2. The van der Waals surface area contributed by atoms with Gasteiger partial charge in [-0.3, -0.25) is 9.59 Å². The normalized spacial score (nSPS) is 20.2. The number of benzene rings is 3. The van der Waals surface area contributed by atoms with Crippen molar-refractivity contribution in [2.75, 3.05) is 44.4 Å². The van der Waals surface area contributed by atoms with Crippen molar-refractivity contribution in [3.63, 3.8) is 0 Å². The van der Waals surface area contributed by atoms with Gasteiger partial charge in [0.15, 0.2) is 0 Å². The molecule has 1 aliphatic heterocycles. The van der Waals surface area contributed by atoms with Gasteiger partial charge in [-0.1, -0.05) is 44.2 Å². The summed E-state index contributed by atoms with van der Waals surface area (Å²) in [6, 6.07) is 20.7. The molecule has 1 aliphatic carbocycles. The van der Waals surface area contributed by atoms with Gasteiger partial charge in [0.2, 0.25) is 11.8 Å². The maximum Gasteiger partial charge on any atom is 0.416 e. The Morgan fingerprint density at radius 3 is 2.20 bits per heavy atom. The Hall–Kier alpha value is -4.31. The van der Waals surface area contributed by atoms with Crippen LogP contribution < -0.4 is 10.2 Å². The minimum Gasteiger partial charge on any atom is -0.378 e. The summed E-state index contributed by atoms with van der Waals surface area (Å²) < 4.78 is 40.4. The number of rotatable bonds is 9. The molecule has 2 aliphatic rings. The highest BCUT2D eigenvalue weighted by Gasteiger charge is 2.60. The number of nitrogens with zero attached hydrogens (tertiary/aromatic N) is 3. The minimum atomic E-state index is -4.47. The van der Waals surface area contributed by atoms with Crippen molar-refractivity contribution < 1.29 is 22.8 Å². The summed E-state index contributed by atoms with van der Waals surface area (Å²) >= 11 is 0. The SMILES string of the molecule is Cc1[nH]c2ccccc2c1C1C(CC(=O)N(Cc2ccc(C(F)(F)F)cc2)C2(C(=O)Nc3ccc(N(C)C)cc3)CCN(C)CC2)C1(C)C. The molecule has 4 aromatic rings. The van der Waals surface area contributed by atoms with Crippen LogP contribution in [0, 0.1) is 18.3 Å². The molecule has 3 aromatic carbocycles. The van der Waals surface area contributed by atoms with E-state index in [9.17, 15) is 22.8 Å². The predicted octanol–water partition coefficient (Wildman–Crippen LogP) is 7.82. The summed E-state index contributed by atoms with van der Waals surface area (Å²) in [5, 5.41) is 4.26. The number of hydrogen-bond acceptors (Lipinski definition) is 4. The van der Waals surface area contributed by atoms with Gasteiger partial charge in [-0.15, -0.1) is 0 Å². The number of piperidine rings is 1. The summed E-state index contributed by atoms with van der Waals surface area (Å²) in [5.41, 5.74) is 3.41. The van der Waals surface area contributed by atoms with Gasteiger partial charge in [0.1, 0.15) is 5.54 Å². The number of likely N-dealkylation sites (tertiary alicyclic amines) is 1. The van der Waals surface area contributed by atoms with Crippen molar-refractivity contribution in [3.8, 4) is 0 Å². The van der Waals surface area contributed by atoms with Gasteiger partial charge in [0.25, 0.3) is 0 Å². The number of para-hydroxylation sites is 1. The molecule has 49 heavy (non-hydrogen) atoms. The largest absolute Gasteiger partial charge is 0.416 e. The van der Waals surface area contributed by atoms with Gasteiger partial charge in [0.05, 0.1) is 5.56 Å². The molecular weight excluding hydrogens is 627 g/mol. The Kier molecular flexibility index (Phi) is 9.07. The van der Waals surface area contributed by atoms with Gasteiger partial charge in [-0.05, 0) is 97.7 Å². The van der Waals surface area contributed by atoms with Crippen LogP contribution in [0.1, 0.15) is 61.4 Å². The second kappa shape index (κ2) is 12.9. The lowest BCUT2D eigenvalue weighted by atomic mass is 9.83. The summed E-state index contributed by atoms with van der Waals surface area (Å²) in [4.78, 5) is 38.6. The lowest BCUT2D eigenvalue weighted by Gasteiger charge is -2.47. The number of carbonyl (C=O) groups excluding carboxylic acids is 2. The Bertz CT molecular complexity index is 1820. The number of halogens is 3. The van der Waals surface area contributed by atoms with Crippen LogP contribution in [0.2, 0.25) is 0 Å². The fraction of sp³-hybridized carbons (Fsp3) is 0.436. The lowest BCUT2D eigenvalue weighted by molar-refractivity contribution is -0.150. The molecule has 10 heteroatoms. The standard InChI is InChI=1S/C39H46F3N5O2/c1-25-34(30-9-7-8-10-32(30)43-25)35-31(37(35,2)3)23-33(48)47(24-26-11-13-27(14-12-26)39(40,41)42)38(19-21-46(6)22-20-38)36(49)44-28-15-17-29(18-16-28)45(4)5/h7-18,31,35,43H,19-24H2,1-6H3,(H,44,49). The zero-order chi connectivity index (χ0) is 35.3. The molecule has 2 atom stereocenters. The maximum absolute atomic E-state index is 14.8. The van der Waals surface area contributed by atoms with Crippen molar-refractivity contribution >= 4 is 34.1 Å². The van der Waals surface area contributed by atoms with Crippen molar-refractivity contribution in [2.24, 2.45) is 11.3 Å². The Morgan fingerprint density at radius 2 is 1.59 bits per heavy atom. The molecule has 1 saturated carbocycles. The molecule has 1 saturated heterocycles. The van der Waals surface area contributed by atoms with E-state index in [0.29, 0.717) is 37.2 Å². The molecule has 2 fully saturated rings. The summed E-state index contributed by atoms with van der Waals surface area (Å²) in [6.45, 7) is 7.66. The van der Waals surface area contributed by atoms with E-state index >= 15 is 0 Å². The predicted molar refractivity (Wildman–Crippen MR) is 189 cm³/mol. The second-order valence-corrected chi connectivity index (χ2v) is 14.7. The van der Waals surface area contributed by atoms with E-state index in [1.807, 2.05) is 62.4 Å². The number of aryl methyl sites for hydroxylation is 1. The highest BCUT2D eigenvalue weighted by molar-refractivity contribution is 6.01. The number of fused-ring (bicyclic) bond motifs is 1. The van der Waals surface area contributed by atoms with Gasteiger partial charge in [0, 0.05) is 68.1 Å². The fourth-order valence-electron chi connectivity index (χ4n) is 7.85. The van der Waals surface area contributed by atoms with E-state index in [-0.39, 0.29) is 42.0 Å². The molecule has 2 unspecified atom stereocenters. The topological polar surface area (TPSA) is 71.7 Å². The smallest absolute Gasteiger partial charge is 0.378 e. The lowest BCUT2D eigenvalue weighted by Crippen LogP contribution is -2.62. The van der Waals surface area contributed by atoms with Gasteiger partial charge < -0.3 is 25.0 Å². The molecule has 0 radical (unpaired) electrons. The highest BCUT2D eigenvalue weighted by atomic mass is 19.4. The third kappa shape index (κ3) is 6.67. The second-order valence-electron chi connectivity index (χ2n) is 14.7. The van der Waals surface area contributed by atoms with Crippen molar-refractivity contribution in [3.05, 3.63) is 95.2 Å². The number of aromatic amines is 1. The third-order valence-electron chi connectivity index (χ3n) is 11.0. The highest BCUT2D eigenvalue weighted by Crippen LogP contribution is 2.67.